The molecule has 122 valence electrons. The molecule has 0 spiro atoms. The van der Waals surface area contributed by atoms with Crippen molar-refractivity contribution in [2.45, 2.75) is 19.3 Å². The fraction of sp³-hybridized carbons (Fsp3) is 0.150. The Balaban J connectivity index is 1.79. The molecule has 5 heteroatoms. The third-order valence-electron chi connectivity index (χ3n) is 5.05. The zero-order chi connectivity index (χ0) is 17.0. The van der Waals surface area contributed by atoms with Gasteiger partial charge in [-0.3, -0.25) is 5.10 Å². The molecule has 25 heavy (non-hydrogen) atoms. The van der Waals surface area contributed by atoms with Crippen LogP contribution in [0.4, 0.5) is 0 Å². The van der Waals surface area contributed by atoms with Crippen LogP contribution in [0.15, 0.2) is 42.6 Å². The lowest BCUT2D eigenvalue weighted by Gasteiger charge is -2.12. The molecule has 0 amide bonds. The van der Waals surface area contributed by atoms with Crippen molar-refractivity contribution in [3.8, 4) is 11.3 Å². The molecule has 0 unspecified atom stereocenters. The first kappa shape index (κ1) is 14.2. The van der Waals surface area contributed by atoms with Crippen molar-refractivity contribution in [1.29, 1.82) is 0 Å². The molecule has 2 aromatic heterocycles. The molecule has 2 heterocycles. The van der Waals surface area contributed by atoms with E-state index in [1.165, 1.54) is 16.5 Å². The van der Waals surface area contributed by atoms with E-state index in [1.807, 2.05) is 30.5 Å². The van der Waals surface area contributed by atoms with E-state index in [0.29, 0.717) is 5.56 Å². The third-order valence-corrected chi connectivity index (χ3v) is 5.05. The Morgan fingerprint density at radius 2 is 1.84 bits per heavy atom. The van der Waals surface area contributed by atoms with Gasteiger partial charge in [-0.25, -0.2) is 9.78 Å². The second-order valence-corrected chi connectivity index (χ2v) is 6.44. The molecule has 0 radical (unpaired) electrons. The molecule has 0 aliphatic heterocycles. The molecule has 1 aliphatic rings. The van der Waals surface area contributed by atoms with Crippen LogP contribution in [0.3, 0.4) is 0 Å². The smallest absolute Gasteiger partial charge is 0.335 e. The molecule has 5 nitrogen and oxygen atoms in total. The predicted octanol–water partition coefficient (Wildman–Crippen LogP) is 3.97. The monoisotopic (exact) mass is 329 g/mol. The minimum absolute atomic E-state index is 0.293. The Hall–Kier alpha value is -3.21. The number of aromatic nitrogens is 3. The summed E-state index contributed by atoms with van der Waals surface area (Å²) in [5, 5.41) is 18.6. The van der Waals surface area contributed by atoms with Crippen molar-refractivity contribution in [3.05, 3.63) is 59.3 Å². The van der Waals surface area contributed by atoms with Crippen molar-refractivity contribution < 1.29 is 9.90 Å². The second-order valence-electron chi connectivity index (χ2n) is 6.44. The molecule has 0 saturated carbocycles. The molecule has 0 atom stereocenters. The van der Waals surface area contributed by atoms with Gasteiger partial charge in [0.2, 0.25) is 0 Å². The Kier molecular flexibility index (Phi) is 2.91. The summed E-state index contributed by atoms with van der Waals surface area (Å²) in [5.41, 5.74) is 6.87. The van der Waals surface area contributed by atoms with Crippen LogP contribution < -0.4 is 0 Å². The van der Waals surface area contributed by atoms with E-state index in [9.17, 15) is 4.79 Å². The van der Waals surface area contributed by atoms with Gasteiger partial charge in [-0.05, 0) is 54.7 Å². The number of hydrogen-bond acceptors (Lipinski definition) is 3. The van der Waals surface area contributed by atoms with Crippen molar-refractivity contribution >= 4 is 27.8 Å². The van der Waals surface area contributed by atoms with E-state index in [4.69, 9.17) is 10.1 Å². The molecule has 4 aromatic rings. The molecular formula is C20H15N3O2. The summed E-state index contributed by atoms with van der Waals surface area (Å²) in [5.74, 6) is -0.911. The standard InChI is InChI=1S/C20H15N3O2/c24-20(25)12-6-4-11(5-7-12)19-14-3-1-2-13(14)18-15-10-21-23-16(15)8-9-17(18)22-19/h4-10H,1-3H2,(H,21,23)(H,24,25). The van der Waals surface area contributed by atoms with Gasteiger partial charge < -0.3 is 5.11 Å². The predicted molar refractivity (Wildman–Crippen MR) is 95.8 cm³/mol. The molecule has 2 N–H and O–H groups in total. The Labute approximate surface area is 143 Å². The molecular weight excluding hydrogens is 314 g/mol. The number of pyridine rings is 1. The zero-order valence-corrected chi connectivity index (χ0v) is 13.4. The van der Waals surface area contributed by atoms with Gasteiger partial charge in [-0.1, -0.05) is 12.1 Å². The van der Waals surface area contributed by atoms with Crippen LogP contribution in [0.1, 0.15) is 27.9 Å². The van der Waals surface area contributed by atoms with Crippen LogP contribution in [0.5, 0.6) is 0 Å². The number of aromatic carboxylic acids is 1. The van der Waals surface area contributed by atoms with Gasteiger partial charge in [0.05, 0.1) is 28.5 Å². The SMILES string of the molecule is O=C(O)c1ccc(-c2nc3ccc4[nH]ncc4c3c3c2CCC3)cc1. The number of carbonyl (C=O) groups is 1. The second kappa shape index (κ2) is 5.14. The van der Waals surface area contributed by atoms with Crippen molar-refractivity contribution in [2.24, 2.45) is 0 Å². The highest BCUT2D eigenvalue weighted by Gasteiger charge is 2.22. The summed E-state index contributed by atoms with van der Waals surface area (Å²) in [6, 6.07) is 11.0. The van der Waals surface area contributed by atoms with E-state index in [0.717, 1.165) is 46.9 Å². The lowest BCUT2D eigenvalue weighted by atomic mass is 9.97. The maximum absolute atomic E-state index is 11.1. The largest absolute Gasteiger partial charge is 0.478 e. The number of aromatic amines is 1. The Morgan fingerprint density at radius 1 is 1.04 bits per heavy atom. The fourth-order valence-corrected chi connectivity index (χ4v) is 3.89. The number of rotatable bonds is 2. The highest BCUT2D eigenvalue weighted by Crippen LogP contribution is 2.38. The van der Waals surface area contributed by atoms with Crippen molar-refractivity contribution in [2.75, 3.05) is 0 Å². The topological polar surface area (TPSA) is 78.9 Å². The average molecular weight is 329 g/mol. The van der Waals surface area contributed by atoms with Gasteiger partial charge in [0.25, 0.3) is 0 Å². The van der Waals surface area contributed by atoms with E-state index in [1.54, 1.807) is 12.1 Å². The molecule has 0 saturated heterocycles. The average Bonchev–Trinajstić information content (AvgIpc) is 3.29. The van der Waals surface area contributed by atoms with Crippen molar-refractivity contribution in [3.63, 3.8) is 0 Å². The number of fused-ring (bicyclic) bond motifs is 5. The molecule has 0 bridgehead atoms. The number of benzene rings is 2. The Bertz CT molecular complexity index is 1140. The third kappa shape index (κ3) is 2.05. The first-order chi connectivity index (χ1) is 12.2. The minimum Gasteiger partial charge on any atom is -0.478 e. The van der Waals surface area contributed by atoms with E-state index in [-0.39, 0.29) is 0 Å². The van der Waals surface area contributed by atoms with Gasteiger partial charge in [-0.2, -0.15) is 5.10 Å². The van der Waals surface area contributed by atoms with Gasteiger partial charge in [0.15, 0.2) is 0 Å². The molecule has 5 rings (SSSR count). The molecule has 1 aliphatic carbocycles. The summed E-state index contributed by atoms with van der Waals surface area (Å²) < 4.78 is 0. The van der Waals surface area contributed by atoms with Gasteiger partial charge in [-0.15, -0.1) is 0 Å². The van der Waals surface area contributed by atoms with Gasteiger partial charge in [0.1, 0.15) is 0 Å². The van der Waals surface area contributed by atoms with Crippen LogP contribution >= 0.6 is 0 Å². The zero-order valence-electron chi connectivity index (χ0n) is 13.4. The highest BCUT2D eigenvalue weighted by atomic mass is 16.4. The van der Waals surface area contributed by atoms with Crippen LogP contribution in [0.25, 0.3) is 33.1 Å². The number of nitrogens with one attached hydrogen (secondary N) is 1. The van der Waals surface area contributed by atoms with E-state index in [2.05, 4.69) is 10.2 Å². The number of aryl methyl sites for hydroxylation is 1. The van der Waals surface area contributed by atoms with Gasteiger partial charge in [0, 0.05) is 16.3 Å². The number of carboxylic acid groups (broad SMARTS) is 1. The molecule has 0 fully saturated rings. The molecule has 2 aromatic carbocycles. The maximum Gasteiger partial charge on any atom is 0.335 e. The van der Waals surface area contributed by atoms with Crippen molar-refractivity contribution in [1.82, 2.24) is 15.2 Å². The quantitative estimate of drug-likeness (QED) is 0.583. The minimum atomic E-state index is -0.911. The van der Waals surface area contributed by atoms with Crippen LogP contribution in [-0.2, 0) is 12.8 Å². The summed E-state index contributed by atoms with van der Waals surface area (Å²) in [7, 11) is 0. The number of nitrogens with zero attached hydrogens (tertiary/aromatic N) is 2. The summed E-state index contributed by atoms with van der Waals surface area (Å²) >= 11 is 0. The summed E-state index contributed by atoms with van der Waals surface area (Å²) in [4.78, 5) is 16.0. The van der Waals surface area contributed by atoms with Crippen LogP contribution in [0, 0.1) is 0 Å². The lowest BCUT2D eigenvalue weighted by Crippen LogP contribution is -1.98. The normalized spacial score (nSPS) is 13.4. The first-order valence-electron chi connectivity index (χ1n) is 8.33. The first-order valence-corrected chi connectivity index (χ1v) is 8.33. The fourth-order valence-electron chi connectivity index (χ4n) is 3.89. The van der Waals surface area contributed by atoms with E-state index >= 15 is 0 Å². The number of carboxylic acids is 1. The van der Waals surface area contributed by atoms with Crippen LogP contribution in [0.2, 0.25) is 0 Å². The van der Waals surface area contributed by atoms with E-state index < -0.39 is 5.97 Å². The van der Waals surface area contributed by atoms with Crippen LogP contribution in [-0.4, -0.2) is 26.3 Å². The maximum atomic E-state index is 11.1. The number of hydrogen-bond donors (Lipinski definition) is 2. The number of H-pyrrole nitrogens is 1. The highest BCUT2D eigenvalue weighted by molar-refractivity contribution is 6.07. The lowest BCUT2D eigenvalue weighted by molar-refractivity contribution is 0.0697. The van der Waals surface area contributed by atoms with Gasteiger partial charge >= 0.3 is 5.97 Å². The summed E-state index contributed by atoms with van der Waals surface area (Å²) in [6.45, 7) is 0. The summed E-state index contributed by atoms with van der Waals surface area (Å²) in [6.07, 6.45) is 5.03. The Morgan fingerprint density at radius 3 is 2.64 bits per heavy atom.